The molecule has 4 fully saturated rings. The summed E-state index contributed by atoms with van der Waals surface area (Å²) in [6.07, 6.45) is 6.43. The molecule has 1 spiro atoms. The summed E-state index contributed by atoms with van der Waals surface area (Å²) in [6.45, 7) is 8.08. The van der Waals surface area contributed by atoms with Crippen molar-refractivity contribution >= 4 is 11.8 Å². The fourth-order valence-corrected chi connectivity index (χ4v) is 9.14. The van der Waals surface area contributed by atoms with Crippen molar-refractivity contribution in [2.75, 3.05) is 0 Å². The van der Waals surface area contributed by atoms with Gasteiger partial charge in [0.2, 0.25) is 0 Å². The molecule has 180 valence electrons. The van der Waals surface area contributed by atoms with Gasteiger partial charge in [-0.05, 0) is 94.1 Å². The minimum absolute atomic E-state index is 0.0610. The van der Waals surface area contributed by atoms with Gasteiger partial charge in [0.05, 0.1) is 17.6 Å². The SMILES string of the molecule is CC1=C(C)C(=O)O[C@@H](C(O)C2CC[C@H]3C4C[C@H]5O[C@]56[C@@H](O)C=CC(=O)[C@]6(C)[C@H]4CC[C@]23C)C1. The lowest BCUT2D eigenvalue weighted by atomic mass is 9.44. The number of esters is 1. The first kappa shape index (κ1) is 22.0. The van der Waals surface area contributed by atoms with Gasteiger partial charge in [0.25, 0.3) is 0 Å². The van der Waals surface area contributed by atoms with Gasteiger partial charge in [-0.25, -0.2) is 4.79 Å². The second kappa shape index (κ2) is 6.79. The molecule has 11 atom stereocenters. The minimum Gasteiger partial charge on any atom is -0.456 e. The molecular formula is C27H36O6. The average molecular weight is 457 g/mol. The van der Waals surface area contributed by atoms with Crippen molar-refractivity contribution < 1.29 is 29.3 Å². The number of aliphatic hydroxyl groups is 2. The molecule has 0 aromatic rings. The Bertz CT molecular complexity index is 983. The van der Waals surface area contributed by atoms with Crippen molar-refractivity contribution in [2.24, 2.45) is 34.5 Å². The first-order chi connectivity index (χ1) is 15.6. The summed E-state index contributed by atoms with van der Waals surface area (Å²) >= 11 is 0. The molecule has 0 bridgehead atoms. The highest BCUT2D eigenvalue weighted by Gasteiger charge is 2.80. The van der Waals surface area contributed by atoms with Gasteiger partial charge in [0.1, 0.15) is 17.8 Å². The van der Waals surface area contributed by atoms with Gasteiger partial charge in [0.15, 0.2) is 5.78 Å². The quantitative estimate of drug-likeness (QED) is 0.490. The van der Waals surface area contributed by atoms with E-state index in [9.17, 15) is 19.8 Å². The number of carbonyl (C=O) groups excluding carboxylic acids is 2. The van der Waals surface area contributed by atoms with Gasteiger partial charge in [-0.2, -0.15) is 0 Å². The largest absolute Gasteiger partial charge is 0.456 e. The second-order valence-corrected chi connectivity index (χ2v) is 12.2. The third-order valence-electron chi connectivity index (χ3n) is 11.2. The zero-order valence-electron chi connectivity index (χ0n) is 20.0. The van der Waals surface area contributed by atoms with Crippen LogP contribution in [-0.2, 0) is 19.1 Å². The minimum atomic E-state index is -0.747. The maximum atomic E-state index is 13.3. The van der Waals surface area contributed by atoms with Crippen LogP contribution in [0.5, 0.6) is 0 Å². The van der Waals surface area contributed by atoms with Crippen LogP contribution in [0.3, 0.4) is 0 Å². The highest BCUT2D eigenvalue weighted by molar-refractivity contribution is 5.98. The topological polar surface area (TPSA) is 96.4 Å². The molecule has 0 amide bonds. The molecule has 4 aliphatic carbocycles. The predicted molar refractivity (Wildman–Crippen MR) is 120 cm³/mol. The van der Waals surface area contributed by atoms with E-state index in [2.05, 4.69) is 6.92 Å². The van der Waals surface area contributed by atoms with Crippen molar-refractivity contribution in [3.05, 3.63) is 23.3 Å². The Morgan fingerprint density at radius 3 is 2.61 bits per heavy atom. The molecule has 3 saturated carbocycles. The van der Waals surface area contributed by atoms with Crippen LogP contribution < -0.4 is 0 Å². The highest BCUT2D eigenvalue weighted by Crippen LogP contribution is 2.72. The van der Waals surface area contributed by atoms with Crippen molar-refractivity contribution in [1.82, 2.24) is 0 Å². The maximum Gasteiger partial charge on any atom is 0.334 e. The Morgan fingerprint density at radius 2 is 1.88 bits per heavy atom. The number of allylic oxidation sites excluding steroid dienone is 1. The summed E-state index contributed by atoms with van der Waals surface area (Å²) in [4.78, 5) is 25.5. The molecule has 6 aliphatic rings. The zero-order valence-corrected chi connectivity index (χ0v) is 20.0. The molecule has 3 unspecified atom stereocenters. The second-order valence-electron chi connectivity index (χ2n) is 12.2. The molecule has 0 aromatic carbocycles. The van der Waals surface area contributed by atoms with Crippen molar-refractivity contribution in [3.63, 3.8) is 0 Å². The Balaban J connectivity index is 1.28. The summed E-state index contributed by atoms with van der Waals surface area (Å²) in [5.41, 5.74) is 0.165. The third-order valence-corrected chi connectivity index (χ3v) is 11.2. The van der Waals surface area contributed by atoms with E-state index >= 15 is 0 Å². The Labute approximate surface area is 195 Å². The number of epoxide rings is 1. The van der Waals surface area contributed by atoms with Crippen LogP contribution >= 0.6 is 0 Å². The molecule has 6 heteroatoms. The number of aliphatic hydroxyl groups excluding tert-OH is 2. The van der Waals surface area contributed by atoms with Crippen molar-refractivity contribution in [3.8, 4) is 0 Å². The monoisotopic (exact) mass is 456 g/mol. The average Bonchev–Trinajstić information content (AvgIpc) is 3.41. The van der Waals surface area contributed by atoms with E-state index < -0.39 is 29.3 Å². The number of hydrogen-bond acceptors (Lipinski definition) is 6. The third kappa shape index (κ3) is 2.55. The zero-order chi connectivity index (χ0) is 23.5. The van der Waals surface area contributed by atoms with Crippen LogP contribution in [0.2, 0.25) is 0 Å². The Hall–Kier alpha value is -1.50. The van der Waals surface area contributed by atoms with Gasteiger partial charge < -0.3 is 19.7 Å². The molecule has 33 heavy (non-hydrogen) atoms. The smallest absolute Gasteiger partial charge is 0.334 e. The highest BCUT2D eigenvalue weighted by atomic mass is 16.6. The van der Waals surface area contributed by atoms with Crippen LogP contribution in [-0.4, -0.2) is 52.0 Å². The summed E-state index contributed by atoms with van der Waals surface area (Å²) in [6, 6.07) is 0. The number of hydrogen-bond donors (Lipinski definition) is 2. The fraction of sp³-hybridized carbons (Fsp3) is 0.778. The van der Waals surface area contributed by atoms with E-state index in [1.165, 1.54) is 0 Å². The molecule has 0 aromatic heterocycles. The number of rotatable bonds is 2. The van der Waals surface area contributed by atoms with Crippen LogP contribution in [0.15, 0.2) is 23.3 Å². The van der Waals surface area contributed by atoms with Crippen LogP contribution in [0, 0.1) is 34.5 Å². The summed E-state index contributed by atoms with van der Waals surface area (Å²) in [5, 5.41) is 22.2. The molecule has 6 nitrogen and oxygen atoms in total. The first-order valence-electron chi connectivity index (χ1n) is 12.7. The number of cyclic esters (lactones) is 1. The standard InChI is InChI=1S/C27H36O6/c1-13-11-19(32-24(31)14(13)2)23(30)18-6-5-16-15-12-22-27(33-22)21(29)8-7-20(28)26(27,4)17(15)9-10-25(16,18)3/h7-8,15-19,21-23,29-30H,5-6,9-12H2,1-4H3/t15?,16-,17-,18?,19+,21-,22+,23?,25-,26-,27+/m0/s1. The van der Waals surface area contributed by atoms with Gasteiger partial charge in [-0.15, -0.1) is 0 Å². The number of carbonyl (C=O) groups is 2. The summed E-state index contributed by atoms with van der Waals surface area (Å²) < 4.78 is 11.9. The van der Waals surface area contributed by atoms with Crippen LogP contribution in [0.1, 0.15) is 66.2 Å². The number of fused-ring (bicyclic) bond motifs is 4. The van der Waals surface area contributed by atoms with Gasteiger partial charge in [-0.1, -0.05) is 12.5 Å². The molecular weight excluding hydrogens is 420 g/mol. The molecule has 2 aliphatic heterocycles. The first-order valence-corrected chi connectivity index (χ1v) is 12.7. The van der Waals surface area contributed by atoms with E-state index in [-0.39, 0.29) is 35.1 Å². The summed E-state index contributed by atoms with van der Waals surface area (Å²) in [7, 11) is 0. The molecule has 2 N–H and O–H groups in total. The van der Waals surface area contributed by atoms with Gasteiger partial charge in [-0.3, -0.25) is 4.79 Å². The maximum absolute atomic E-state index is 13.3. The number of ether oxygens (including phenoxy) is 2. The normalized spacial score (nSPS) is 53.6. The lowest BCUT2D eigenvalue weighted by molar-refractivity contribution is -0.162. The molecule has 2 heterocycles. The lowest BCUT2D eigenvalue weighted by Crippen LogP contribution is -2.63. The van der Waals surface area contributed by atoms with E-state index in [0.29, 0.717) is 23.8 Å². The van der Waals surface area contributed by atoms with Crippen LogP contribution in [0.25, 0.3) is 0 Å². The van der Waals surface area contributed by atoms with Gasteiger partial charge >= 0.3 is 5.97 Å². The Morgan fingerprint density at radius 1 is 1.12 bits per heavy atom. The van der Waals surface area contributed by atoms with E-state index in [1.54, 1.807) is 19.1 Å². The van der Waals surface area contributed by atoms with E-state index in [1.807, 2.05) is 13.8 Å². The molecule has 6 rings (SSSR count). The fourth-order valence-electron chi connectivity index (χ4n) is 9.14. The van der Waals surface area contributed by atoms with Gasteiger partial charge in [0, 0.05) is 12.0 Å². The summed E-state index contributed by atoms with van der Waals surface area (Å²) in [5.74, 6) is 0.763. The van der Waals surface area contributed by atoms with Crippen molar-refractivity contribution in [1.29, 1.82) is 0 Å². The number of ketones is 1. The van der Waals surface area contributed by atoms with Crippen molar-refractivity contribution in [2.45, 2.75) is 96.2 Å². The lowest BCUT2D eigenvalue weighted by Gasteiger charge is -2.58. The predicted octanol–water partition coefficient (Wildman–Crippen LogP) is 3.11. The Kier molecular flexibility index (Phi) is 4.53. The molecule has 1 saturated heterocycles. The molecule has 0 radical (unpaired) electrons. The van der Waals surface area contributed by atoms with E-state index in [4.69, 9.17) is 9.47 Å². The van der Waals surface area contributed by atoms with E-state index in [0.717, 1.165) is 37.7 Å². The van der Waals surface area contributed by atoms with Crippen LogP contribution in [0.4, 0.5) is 0 Å².